The van der Waals surface area contributed by atoms with Crippen molar-refractivity contribution < 1.29 is 32.1 Å². The smallest absolute Gasteiger partial charge is 0.504 e. The van der Waals surface area contributed by atoms with Gasteiger partial charge in [-0.1, -0.05) is 6.07 Å². The lowest BCUT2D eigenvalue weighted by Crippen LogP contribution is -2.52. The van der Waals surface area contributed by atoms with Crippen LogP contribution in [0.1, 0.15) is 0 Å². The molecule has 0 unspecified atom stereocenters. The minimum atomic E-state index is -4.81. The molecule has 0 bridgehead atoms. The van der Waals surface area contributed by atoms with Gasteiger partial charge in [0.2, 0.25) is 5.75 Å². The van der Waals surface area contributed by atoms with Gasteiger partial charge in [0.15, 0.2) is 11.5 Å². The number of hydrogen-bond acceptors (Lipinski definition) is 3. The number of aromatic hydroxyl groups is 1. The van der Waals surface area contributed by atoms with Crippen molar-refractivity contribution in [3.05, 3.63) is 18.2 Å². The number of phenolic OH excluding ortho intramolecular Hbond substituents is 1. The molecule has 1 N–H and O–H groups in total. The Bertz CT molecular complexity index is 405. The lowest BCUT2D eigenvalue weighted by Gasteiger charge is -2.31. The van der Waals surface area contributed by atoms with Gasteiger partial charge >= 0.3 is 12.2 Å². The van der Waals surface area contributed by atoms with Crippen molar-refractivity contribution in [2.24, 2.45) is 0 Å². The van der Waals surface area contributed by atoms with Crippen LogP contribution in [0, 0.1) is 0 Å². The molecule has 0 radical (unpaired) electrons. The van der Waals surface area contributed by atoms with Crippen molar-refractivity contribution in [1.82, 2.24) is 0 Å². The van der Waals surface area contributed by atoms with Crippen molar-refractivity contribution in [2.75, 3.05) is 0 Å². The number of benzene rings is 1. The van der Waals surface area contributed by atoms with Crippen LogP contribution < -0.4 is 9.47 Å². The monoisotopic (exact) mass is 224 g/mol. The summed E-state index contributed by atoms with van der Waals surface area (Å²) < 4.78 is 57.9. The zero-order valence-electron chi connectivity index (χ0n) is 7.01. The molecule has 0 aromatic heterocycles. The second-order valence-corrected chi connectivity index (χ2v) is 2.84. The van der Waals surface area contributed by atoms with Gasteiger partial charge in [0.1, 0.15) is 0 Å². The molecule has 82 valence electrons. The first-order valence-electron chi connectivity index (χ1n) is 3.79. The summed E-state index contributed by atoms with van der Waals surface area (Å²) in [6.07, 6.45) is -9.56. The predicted molar refractivity (Wildman–Crippen MR) is 39.3 cm³/mol. The van der Waals surface area contributed by atoms with E-state index < -0.39 is 29.5 Å². The number of fused-ring (bicyclic) bond motifs is 1. The first-order valence-corrected chi connectivity index (χ1v) is 3.79. The largest absolute Gasteiger partial charge is 0.507 e. The maximum Gasteiger partial charge on any atom is 0.507 e. The molecule has 1 heterocycles. The van der Waals surface area contributed by atoms with E-state index in [1.54, 1.807) is 0 Å². The summed E-state index contributed by atoms with van der Waals surface area (Å²) in [5.74, 6) is -2.12. The van der Waals surface area contributed by atoms with E-state index >= 15 is 0 Å². The number of rotatable bonds is 0. The van der Waals surface area contributed by atoms with Crippen molar-refractivity contribution in [3.63, 3.8) is 0 Å². The van der Waals surface area contributed by atoms with Crippen LogP contribution in [0.4, 0.5) is 17.6 Å². The molecule has 0 saturated heterocycles. The third-order valence-electron chi connectivity index (χ3n) is 1.77. The lowest BCUT2D eigenvalue weighted by atomic mass is 10.2. The summed E-state index contributed by atoms with van der Waals surface area (Å²) in [5.41, 5.74) is 0. The minimum Gasteiger partial charge on any atom is -0.504 e. The number of hydrogen-bond donors (Lipinski definition) is 1. The number of ether oxygens (including phenoxy) is 2. The fourth-order valence-electron chi connectivity index (χ4n) is 1.07. The Morgan fingerprint density at radius 1 is 1.00 bits per heavy atom. The first-order chi connectivity index (χ1) is 6.83. The Hall–Kier alpha value is -1.66. The average molecular weight is 224 g/mol. The number of alkyl halides is 4. The molecule has 7 heteroatoms. The summed E-state index contributed by atoms with van der Waals surface area (Å²) in [7, 11) is 0. The van der Waals surface area contributed by atoms with E-state index in [1.807, 2.05) is 0 Å². The standard InChI is InChI=1S/C8H4F4O3/c9-7(10)8(11,12)15-6-4(13)2-1-3-5(6)14-7/h1-3,13H. The summed E-state index contributed by atoms with van der Waals surface area (Å²) in [6, 6.07) is 3.16. The Morgan fingerprint density at radius 2 is 1.60 bits per heavy atom. The summed E-state index contributed by atoms with van der Waals surface area (Å²) >= 11 is 0. The normalized spacial score (nSPS) is 21.1. The molecular formula is C8H4F4O3. The highest BCUT2D eigenvalue weighted by Crippen LogP contribution is 2.50. The van der Waals surface area contributed by atoms with Gasteiger partial charge in [-0.3, -0.25) is 0 Å². The molecule has 0 fully saturated rings. The van der Waals surface area contributed by atoms with Crippen LogP contribution in [0.2, 0.25) is 0 Å². The number of para-hydroxylation sites is 1. The molecule has 0 aliphatic carbocycles. The topological polar surface area (TPSA) is 38.7 Å². The molecule has 15 heavy (non-hydrogen) atoms. The highest BCUT2D eigenvalue weighted by molar-refractivity contribution is 5.51. The second kappa shape index (κ2) is 2.68. The molecular weight excluding hydrogens is 220 g/mol. The maximum absolute atomic E-state index is 12.6. The van der Waals surface area contributed by atoms with Crippen LogP contribution in [-0.2, 0) is 0 Å². The van der Waals surface area contributed by atoms with Crippen LogP contribution in [0.15, 0.2) is 18.2 Å². The van der Waals surface area contributed by atoms with Crippen molar-refractivity contribution in [2.45, 2.75) is 12.2 Å². The van der Waals surface area contributed by atoms with Gasteiger partial charge in [0.25, 0.3) is 0 Å². The first kappa shape index (κ1) is 9.88. The van der Waals surface area contributed by atoms with Gasteiger partial charge in [-0.15, -0.1) is 0 Å². The van der Waals surface area contributed by atoms with Gasteiger partial charge in [-0.05, 0) is 12.1 Å². The lowest BCUT2D eigenvalue weighted by molar-refractivity contribution is -0.391. The summed E-state index contributed by atoms with van der Waals surface area (Å²) in [6.45, 7) is 0. The van der Waals surface area contributed by atoms with E-state index in [0.29, 0.717) is 0 Å². The van der Waals surface area contributed by atoms with Gasteiger partial charge < -0.3 is 14.6 Å². The van der Waals surface area contributed by atoms with Crippen LogP contribution in [0.3, 0.4) is 0 Å². The number of phenols is 1. The van der Waals surface area contributed by atoms with Gasteiger partial charge in [-0.25, -0.2) is 0 Å². The van der Waals surface area contributed by atoms with E-state index in [9.17, 15) is 17.6 Å². The Balaban J connectivity index is 2.52. The fourth-order valence-corrected chi connectivity index (χ4v) is 1.07. The minimum absolute atomic E-state index is 0.633. The maximum atomic E-state index is 12.6. The van der Waals surface area contributed by atoms with Gasteiger partial charge in [-0.2, -0.15) is 17.6 Å². The van der Waals surface area contributed by atoms with Crippen LogP contribution in [0.5, 0.6) is 17.2 Å². The zero-order valence-corrected chi connectivity index (χ0v) is 7.01. The SMILES string of the molecule is Oc1cccc2c1OC(F)(F)C(F)(F)O2. The van der Waals surface area contributed by atoms with Crippen LogP contribution >= 0.6 is 0 Å². The second-order valence-electron chi connectivity index (χ2n) is 2.84. The average Bonchev–Trinajstić information content (AvgIpc) is 2.08. The third kappa shape index (κ3) is 1.34. The van der Waals surface area contributed by atoms with Crippen molar-refractivity contribution in [1.29, 1.82) is 0 Å². The fraction of sp³-hybridized carbons (Fsp3) is 0.250. The van der Waals surface area contributed by atoms with Crippen molar-refractivity contribution >= 4 is 0 Å². The molecule has 2 rings (SSSR count). The molecule has 1 aliphatic heterocycles. The molecule has 0 amide bonds. The van der Waals surface area contributed by atoms with E-state index in [2.05, 4.69) is 9.47 Å². The Labute approximate surface area is 80.8 Å². The molecule has 0 saturated carbocycles. The molecule has 0 atom stereocenters. The molecule has 3 nitrogen and oxygen atoms in total. The Morgan fingerprint density at radius 3 is 2.27 bits per heavy atom. The molecule has 1 aromatic carbocycles. The highest BCUT2D eigenvalue weighted by Gasteiger charge is 2.66. The third-order valence-corrected chi connectivity index (χ3v) is 1.77. The number of halogens is 4. The van der Waals surface area contributed by atoms with E-state index in [4.69, 9.17) is 5.11 Å². The zero-order chi connectivity index (χ0) is 11.3. The van der Waals surface area contributed by atoms with Gasteiger partial charge in [0.05, 0.1) is 0 Å². The van der Waals surface area contributed by atoms with Crippen LogP contribution in [0.25, 0.3) is 0 Å². The van der Waals surface area contributed by atoms with E-state index in [1.165, 1.54) is 0 Å². The molecule has 1 aromatic rings. The summed E-state index contributed by atoms with van der Waals surface area (Å²) in [5, 5.41) is 9.08. The van der Waals surface area contributed by atoms with E-state index in [-0.39, 0.29) is 0 Å². The highest BCUT2D eigenvalue weighted by atomic mass is 19.3. The van der Waals surface area contributed by atoms with E-state index in [0.717, 1.165) is 18.2 Å². The van der Waals surface area contributed by atoms with Crippen LogP contribution in [-0.4, -0.2) is 17.3 Å². The predicted octanol–water partition coefficient (Wildman–Crippen LogP) is 2.35. The van der Waals surface area contributed by atoms with Crippen molar-refractivity contribution in [3.8, 4) is 17.2 Å². The molecule has 0 spiro atoms. The van der Waals surface area contributed by atoms with Gasteiger partial charge in [0, 0.05) is 0 Å². The summed E-state index contributed by atoms with van der Waals surface area (Å²) in [4.78, 5) is 0. The quantitative estimate of drug-likeness (QED) is 0.687. The Kier molecular flexibility index (Phi) is 1.76. The molecule has 1 aliphatic rings.